The van der Waals surface area contributed by atoms with Gasteiger partial charge in [-0.2, -0.15) is 0 Å². The Morgan fingerprint density at radius 2 is 1.80 bits per heavy atom. The van der Waals surface area contributed by atoms with Crippen LogP contribution >= 0.6 is 0 Å². The van der Waals surface area contributed by atoms with E-state index < -0.39 is 0 Å². The number of aryl methyl sites for hydroxylation is 4. The van der Waals surface area contributed by atoms with Crippen molar-refractivity contribution in [3.05, 3.63) is 76.9 Å². The zero-order valence-corrected chi connectivity index (χ0v) is 17.6. The third kappa shape index (κ3) is 4.20. The number of fused-ring (bicyclic) bond motifs is 1. The third-order valence-corrected chi connectivity index (χ3v) is 5.06. The summed E-state index contributed by atoms with van der Waals surface area (Å²) < 4.78 is 11.6. The average molecular weight is 400 g/mol. The van der Waals surface area contributed by atoms with Crippen molar-refractivity contribution in [2.75, 3.05) is 11.9 Å². The summed E-state index contributed by atoms with van der Waals surface area (Å²) in [6.07, 6.45) is 0. The maximum absolute atomic E-state index is 12.3. The molecular formula is C25H24N2O3. The van der Waals surface area contributed by atoms with E-state index >= 15 is 0 Å². The van der Waals surface area contributed by atoms with Crippen molar-refractivity contribution in [3.63, 3.8) is 0 Å². The fourth-order valence-electron chi connectivity index (χ4n) is 3.38. The molecule has 0 bridgehead atoms. The van der Waals surface area contributed by atoms with E-state index in [1.165, 1.54) is 5.56 Å². The lowest BCUT2D eigenvalue weighted by Crippen LogP contribution is -2.20. The van der Waals surface area contributed by atoms with Crippen molar-refractivity contribution in [2.24, 2.45) is 0 Å². The Labute approximate surface area is 175 Å². The summed E-state index contributed by atoms with van der Waals surface area (Å²) in [6.45, 7) is 8.04. The molecule has 152 valence electrons. The molecule has 0 spiro atoms. The largest absolute Gasteiger partial charge is 0.484 e. The second kappa shape index (κ2) is 8.03. The predicted octanol–water partition coefficient (Wildman–Crippen LogP) is 5.75. The van der Waals surface area contributed by atoms with Crippen LogP contribution in [0.4, 0.5) is 5.69 Å². The highest BCUT2D eigenvalue weighted by Gasteiger charge is 2.12. The first kappa shape index (κ1) is 19.7. The zero-order valence-electron chi connectivity index (χ0n) is 17.6. The van der Waals surface area contributed by atoms with Crippen molar-refractivity contribution in [1.29, 1.82) is 0 Å². The molecule has 0 aliphatic carbocycles. The number of benzene rings is 3. The summed E-state index contributed by atoms with van der Waals surface area (Å²) in [6, 6.07) is 17.3. The van der Waals surface area contributed by atoms with Crippen LogP contribution < -0.4 is 10.1 Å². The van der Waals surface area contributed by atoms with Crippen LogP contribution in [0.3, 0.4) is 0 Å². The third-order valence-electron chi connectivity index (χ3n) is 5.06. The average Bonchev–Trinajstić information content (AvgIpc) is 3.14. The summed E-state index contributed by atoms with van der Waals surface area (Å²) >= 11 is 0. The van der Waals surface area contributed by atoms with Gasteiger partial charge in [-0.05, 0) is 86.3 Å². The molecule has 0 aliphatic heterocycles. The highest BCUT2D eigenvalue weighted by molar-refractivity contribution is 5.92. The van der Waals surface area contributed by atoms with Gasteiger partial charge < -0.3 is 14.5 Å². The van der Waals surface area contributed by atoms with Crippen LogP contribution in [0.5, 0.6) is 5.75 Å². The van der Waals surface area contributed by atoms with Gasteiger partial charge in [-0.25, -0.2) is 4.98 Å². The molecule has 5 heteroatoms. The SMILES string of the molecule is Cc1cc(C)c2oc(-c3cccc(NC(=O)COc4ccc(C)c(C)c4)c3)nc2c1. The number of oxazole rings is 1. The fraction of sp³-hybridized carbons (Fsp3) is 0.200. The molecular weight excluding hydrogens is 376 g/mol. The normalized spacial score (nSPS) is 10.9. The van der Waals surface area contributed by atoms with Gasteiger partial charge in [0, 0.05) is 11.3 Å². The molecule has 0 unspecified atom stereocenters. The molecule has 1 amide bonds. The van der Waals surface area contributed by atoms with Crippen LogP contribution in [0, 0.1) is 27.7 Å². The Morgan fingerprint density at radius 3 is 2.60 bits per heavy atom. The van der Waals surface area contributed by atoms with Crippen LogP contribution in [0.2, 0.25) is 0 Å². The fourth-order valence-corrected chi connectivity index (χ4v) is 3.38. The lowest BCUT2D eigenvalue weighted by molar-refractivity contribution is -0.118. The van der Waals surface area contributed by atoms with Crippen LogP contribution in [0.25, 0.3) is 22.6 Å². The number of carbonyl (C=O) groups is 1. The molecule has 0 atom stereocenters. The van der Waals surface area contributed by atoms with Crippen LogP contribution in [-0.4, -0.2) is 17.5 Å². The van der Waals surface area contributed by atoms with Gasteiger partial charge in [0.05, 0.1) is 0 Å². The number of amides is 1. The molecule has 0 saturated heterocycles. The van der Waals surface area contributed by atoms with E-state index in [1.54, 1.807) is 0 Å². The Morgan fingerprint density at radius 1 is 0.967 bits per heavy atom. The predicted molar refractivity (Wildman–Crippen MR) is 119 cm³/mol. The number of nitrogens with zero attached hydrogens (tertiary/aromatic N) is 1. The standard InChI is InChI=1S/C25H24N2O3/c1-15-10-18(4)24-22(11-15)27-25(30-24)19-6-5-7-20(13-19)26-23(28)14-29-21-9-8-16(2)17(3)12-21/h5-13H,14H2,1-4H3,(H,26,28). The van der Waals surface area contributed by atoms with E-state index in [4.69, 9.17) is 9.15 Å². The second-order valence-corrected chi connectivity index (χ2v) is 7.61. The van der Waals surface area contributed by atoms with E-state index in [-0.39, 0.29) is 12.5 Å². The summed E-state index contributed by atoms with van der Waals surface area (Å²) in [5.41, 5.74) is 7.59. The zero-order chi connectivity index (χ0) is 21.3. The lowest BCUT2D eigenvalue weighted by Gasteiger charge is -2.09. The number of anilines is 1. The summed E-state index contributed by atoms with van der Waals surface area (Å²) in [7, 11) is 0. The van der Waals surface area contributed by atoms with E-state index in [9.17, 15) is 4.79 Å². The monoisotopic (exact) mass is 400 g/mol. The number of aromatic nitrogens is 1. The Kier molecular flexibility index (Phi) is 5.27. The van der Waals surface area contributed by atoms with Gasteiger partial charge in [0.2, 0.25) is 5.89 Å². The summed E-state index contributed by atoms with van der Waals surface area (Å²) in [4.78, 5) is 16.9. The maximum Gasteiger partial charge on any atom is 0.262 e. The first-order chi connectivity index (χ1) is 14.4. The number of nitrogens with one attached hydrogen (secondary N) is 1. The Hall–Kier alpha value is -3.60. The Bertz CT molecular complexity index is 1240. The molecule has 4 rings (SSSR count). The van der Waals surface area contributed by atoms with Gasteiger partial charge in [0.25, 0.3) is 5.91 Å². The van der Waals surface area contributed by atoms with E-state index in [0.717, 1.165) is 33.4 Å². The Balaban J connectivity index is 1.47. The minimum Gasteiger partial charge on any atom is -0.484 e. The quantitative estimate of drug-likeness (QED) is 0.463. The van der Waals surface area contributed by atoms with Gasteiger partial charge in [-0.1, -0.05) is 18.2 Å². The molecule has 1 aromatic heterocycles. The van der Waals surface area contributed by atoms with Crippen molar-refractivity contribution < 1.29 is 13.9 Å². The molecule has 0 saturated carbocycles. The summed E-state index contributed by atoms with van der Waals surface area (Å²) in [5, 5.41) is 2.87. The lowest BCUT2D eigenvalue weighted by atomic mass is 10.1. The first-order valence-electron chi connectivity index (χ1n) is 9.87. The molecule has 3 aromatic carbocycles. The highest BCUT2D eigenvalue weighted by atomic mass is 16.5. The van der Waals surface area contributed by atoms with Crippen molar-refractivity contribution >= 4 is 22.7 Å². The highest BCUT2D eigenvalue weighted by Crippen LogP contribution is 2.28. The van der Waals surface area contributed by atoms with Crippen LogP contribution in [0.15, 0.2) is 59.0 Å². The topological polar surface area (TPSA) is 64.4 Å². The molecule has 30 heavy (non-hydrogen) atoms. The molecule has 0 fully saturated rings. The van der Waals surface area contributed by atoms with E-state index in [1.807, 2.05) is 76.2 Å². The first-order valence-corrected chi connectivity index (χ1v) is 9.87. The number of hydrogen-bond acceptors (Lipinski definition) is 4. The van der Waals surface area contributed by atoms with Crippen LogP contribution in [-0.2, 0) is 4.79 Å². The number of hydrogen-bond donors (Lipinski definition) is 1. The minimum atomic E-state index is -0.227. The van der Waals surface area contributed by atoms with E-state index in [0.29, 0.717) is 17.3 Å². The second-order valence-electron chi connectivity index (χ2n) is 7.61. The molecule has 1 N–H and O–H groups in total. The maximum atomic E-state index is 12.3. The van der Waals surface area contributed by atoms with Crippen LogP contribution in [0.1, 0.15) is 22.3 Å². The molecule has 0 radical (unpaired) electrons. The van der Waals surface area contributed by atoms with E-state index in [2.05, 4.69) is 16.4 Å². The molecule has 5 nitrogen and oxygen atoms in total. The summed E-state index contributed by atoms with van der Waals surface area (Å²) in [5.74, 6) is 0.981. The van der Waals surface area contributed by atoms with Gasteiger partial charge in [-0.3, -0.25) is 4.79 Å². The molecule has 0 aliphatic rings. The van der Waals surface area contributed by atoms with Gasteiger partial charge in [-0.15, -0.1) is 0 Å². The minimum absolute atomic E-state index is 0.0614. The van der Waals surface area contributed by atoms with Crippen molar-refractivity contribution in [3.8, 4) is 17.2 Å². The number of rotatable bonds is 5. The molecule has 1 heterocycles. The van der Waals surface area contributed by atoms with Gasteiger partial charge in [0.1, 0.15) is 11.3 Å². The number of ether oxygens (including phenoxy) is 1. The smallest absolute Gasteiger partial charge is 0.262 e. The van der Waals surface area contributed by atoms with Crippen molar-refractivity contribution in [1.82, 2.24) is 4.98 Å². The van der Waals surface area contributed by atoms with Crippen molar-refractivity contribution in [2.45, 2.75) is 27.7 Å². The van der Waals surface area contributed by atoms with Gasteiger partial charge in [0.15, 0.2) is 12.2 Å². The molecule has 4 aromatic rings. The number of carbonyl (C=O) groups excluding carboxylic acids is 1. The van der Waals surface area contributed by atoms with Gasteiger partial charge >= 0.3 is 0 Å².